The van der Waals surface area contributed by atoms with Crippen LogP contribution in [-0.4, -0.2) is 18.1 Å². The van der Waals surface area contributed by atoms with Gasteiger partial charge >= 0.3 is 0 Å². The monoisotopic (exact) mass is 312 g/mol. The van der Waals surface area contributed by atoms with Crippen LogP contribution in [0.15, 0.2) is 24.3 Å². The molecule has 0 saturated heterocycles. The quantitative estimate of drug-likeness (QED) is 0.876. The van der Waals surface area contributed by atoms with Gasteiger partial charge in [0.25, 0.3) is 0 Å². The highest BCUT2D eigenvalue weighted by Crippen LogP contribution is 2.29. The Morgan fingerprint density at radius 1 is 1.38 bits per heavy atom. The summed E-state index contributed by atoms with van der Waals surface area (Å²) in [6, 6.07) is 7.48. The Morgan fingerprint density at radius 2 is 2.05 bits per heavy atom. The fraction of sp³-hybridized carbons (Fsp3) is 0.562. The molecule has 0 aliphatic heterocycles. The molecule has 0 unspecified atom stereocenters. The van der Waals surface area contributed by atoms with E-state index in [0.29, 0.717) is 12.5 Å². The Labute approximate surface area is 132 Å². The summed E-state index contributed by atoms with van der Waals surface area (Å²) in [4.78, 5) is 12.2. The van der Waals surface area contributed by atoms with Crippen LogP contribution >= 0.6 is 12.4 Å². The summed E-state index contributed by atoms with van der Waals surface area (Å²) in [5.74, 6) is 1.16. The van der Waals surface area contributed by atoms with E-state index in [1.807, 2.05) is 24.3 Å². The second kappa shape index (κ2) is 7.66. The van der Waals surface area contributed by atoms with Gasteiger partial charge in [-0.2, -0.15) is 0 Å². The highest BCUT2D eigenvalue weighted by atomic mass is 35.5. The third kappa shape index (κ3) is 4.90. The highest BCUT2D eigenvalue weighted by molar-refractivity contribution is 5.98. The summed E-state index contributed by atoms with van der Waals surface area (Å²) < 4.78 is 5.66. The van der Waals surface area contributed by atoms with Crippen molar-refractivity contribution in [1.82, 2.24) is 0 Å². The average molecular weight is 313 g/mol. The fourth-order valence-electron chi connectivity index (χ4n) is 2.42. The first-order chi connectivity index (χ1) is 9.49. The van der Waals surface area contributed by atoms with Crippen LogP contribution in [0.4, 0.5) is 5.69 Å². The van der Waals surface area contributed by atoms with Crippen molar-refractivity contribution in [2.75, 3.05) is 11.9 Å². The number of hydrogen-bond acceptors (Lipinski definition) is 3. The number of benzene rings is 1. The molecular formula is C16H25ClN2O2. The van der Waals surface area contributed by atoms with Gasteiger partial charge in [-0.1, -0.05) is 32.8 Å². The summed E-state index contributed by atoms with van der Waals surface area (Å²) in [7, 11) is 0. The van der Waals surface area contributed by atoms with Crippen LogP contribution < -0.4 is 15.8 Å². The van der Waals surface area contributed by atoms with Crippen molar-refractivity contribution in [1.29, 1.82) is 0 Å². The van der Waals surface area contributed by atoms with Gasteiger partial charge in [-0.3, -0.25) is 4.79 Å². The lowest BCUT2D eigenvalue weighted by Crippen LogP contribution is -2.48. The topological polar surface area (TPSA) is 64.3 Å². The number of nitrogens with one attached hydrogen (secondary N) is 1. The van der Waals surface area contributed by atoms with E-state index in [2.05, 4.69) is 19.2 Å². The van der Waals surface area contributed by atoms with Gasteiger partial charge in [-0.15, -0.1) is 12.4 Å². The van der Waals surface area contributed by atoms with Crippen LogP contribution in [0.3, 0.4) is 0 Å². The van der Waals surface area contributed by atoms with E-state index in [-0.39, 0.29) is 18.3 Å². The predicted octanol–water partition coefficient (Wildman–Crippen LogP) is 3.35. The summed E-state index contributed by atoms with van der Waals surface area (Å²) in [6.07, 6.45) is 3.59. The number of anilines is 1. The molecular weight excluding hydrogens is 288 g/mol. The molecule has 0 spiro atoms. The molecule has 1 aliphatic carbocycles. The Hall–Kier alpha value is -1.26. The Kier molecular flexibility index (Phi) is 6.49. The summed E-state index contributed by atoms with van der Waals surface area (Å²) >= 11 is 0. The van der Waals surface area contributed by atoms with Gasteiger partial charge in [0.2, 0.25) is 5.91 Å². The van der Waals surface area contributed by atoms with Gasteiger partial charge in [-0.05, 0) is 30.9 Å². The number of halogens is 1. The molecule has 0 aromatic heterocycles. The molecule has 1 aromatic rings. The second-order valence-corrected chi connectivity index (χ2v) is 6.05. The minimum atomic E-state index is -0.700. The SMILES string of the molecule is CC(C)COc1cccc(NC(=O)C2(N)CCCC2)c1.Cl. The first-order valence-electron chi connectivity index (χ1n) is 7.33. The Bertz CT molecular complexity index is 471. The molecule has 1 saturated carbocycles. The molecule has 3 N–H and O–H groups in total. The van der Waals surface area contributed by atoms with Crippen molar-refractivity contribution >= 4 is 24.0 Å². The molecule has 0 bridgehead atoms. The maximum absolute atomic E-state index is 12.2. The largest absolute Gasteiger partial charge is 0.493 e. The normalized spacial score (nSPS) is 16.4. The van der Waals surface area contributed by atoms with Crippen LogP contribution in [-0.2, 0) is 4.79 Å². The van der Waals surface area contributed by atoms with Crippen LogP contribution in [0.2, 0.25) is 0 Å². The van der Waals surface area contributed by atoms with Crippen LogP contribution in [0.1, 0.15) is 39.5 Å². The lowest BCUT2D eigenvalue weighted by molar-refractivity contribution is -0.121. The van der Waals surface area contributed by atoms with E-state index in [1.165, 1.54) is 0 Å². The van der Waals surface area contributed by atoms with Gasteiger partial charge in [0.15, 0.2) is 0 Å². The maximum atomic E-state index is 12.2. The van der Waals surface area contributed by atoms with Gasteiger partial charge in [0.05, 0.1) is 12.1 Å². The minimum absolute atomic E-state index is 0. The highest BCUT2D eigenvalue weighted by Gasteiger charge is 2.36. The van der Waals surface area contributed by atoms with Crippen molar-refractivity contribution in [3.05, 3.63) is 24.3 Å². The Balaban J connectivity index is 0.00000220. The molecule has 21 heavy (non-hydrogen) atoms. The molecule has 4 nitrogen and oxygen atoms in total. The van der Waals surface area contributed by atoms with Crippen LogP contribution in [0.5, 0.6) is 5.75 Å². The summed E-state index contributed by atoms with van der Waals surface area (Å²) in [5, 5.41) is 2.91. The first kappa shape index (κ1) is 17.8. The lowest BCUT2D eigenvalue weighted by atomic mass is 9.98. The molecule has 1 fully saturated rings. The van der Waals surface area contributed by atoms with E-state index in [4.69, 9.17) is 10.5 Å². The molecule has 0 heterocycles. The van der Waals surface area contributed by atoms with E-state index in [1.54, 1.807) is 0 Å². The van der Waals surface area contributed by atoms with Crippen molar-refractivity contribution in [2.45, 2.75) is 45.1 Å². The summed E-state index contributed by atoms with van der Waals surface area (Å²) in [6.45, 7) is 4.87. The molecule has 118 valence electrons. The number of rotatable bonds is 5. The van der Waals surface area contributed by atoms with Crippen molar-refractivity contribution in [3.63, 3.8) is 0 Å². The van der Waals surface area contributed by atoms with E-state index < -0.39 is 5.54 Å². The van der Waals surface area contributed by atoms with Gasteiger partial charge in [0, 0.05) is 11.8 Å². The standard InChI is InChI=1S/C16H24N2O2.ClH/c1-12(2)11-20-14-7-5-6-13(10-14)18-15(19)16(17)8-3-4-9-16;/h5-7,10,12H,3-4,8-9,11,17H2,1-2H3,(H,18,19);1H. The number of amides is 1. The number of hydrogen-bond donors (Lipinski definition) is 2. The van der Waals surface area contributed by atoms with E-state index in [0.717, 1.165) is 37.1 Å². The third-order valence-corrected chi connectivity index (χ3v) is 3.62. The molecule has 2 rings (SSSR count). The van der Waals surface area contributed by atoms with Crippen molar-refractivity contribution in [2.24, 2.45) is 11.7 Å². The average Bonchev–Trinajstić information content (AvgIpc) is 2.85. The predicted molar refractivity (Wildman–Crippen MR) is 88.0 cm³/mol. The number of carbonyl (C=O) groups excluding carboxylic acids is 1. The zero-order valence-electron chi connectivity index (χ0n) is 12.7. The first-order valence-corrected chi connectivity index (χ1v) is 7.33. The molecule has 0 radical (unpaired) electrons. The number of ether oxygens (including phenoxy) is 1. The second-order valence-electron chi connectivity index (χ2n) is 6.05. The maximum Gasteiger partial charge on any atom is 0.244 e. The molecule has 1 amide bonds. The van der Waals surface area contributed by atoms with E-state index >= 15 is 0 Å². The Morgan fingerprint density at radius 3 is 2.67 bits per heavy atom. The van der Waals surface area contributed by atoms with Crippen molar-refractivity contribution < 1.29 is 9.53 Å². The van der Waals surface area contributed by atoms with Crippen LogP contribution in [0, 0.1) is 5.92 Å². The minimum Gasteiger partial charge on any atom is -0.493 e. The van der Waals surface area contributed by atoms with Gasteiger partial charge < -0.3 is 15.8 Å². The smallest absolute Gasteiger partial charge is 0.244 e. The number of nitrogens with two attached hydrogens (primary N) is 1. The molecule has 1 aromatic carbocycles. The zero-order chi connectivity index (χ0) is 14.6. The van der Waals surface area contributed by atoms with E-state index in [9.17, 15) is 4.79 Å². The van der Waals surface area contributed by atoms with Crippen molar-refractivity contribution in [3.8, 4) is 5.75 Å². The third-order valence-electron chi connectivity index (χ3n) is 3.62. The molecule has 5 heteroatoms. The van der Waals surface area contributed by atoms with Gasteiger partial charge in [0.1, 0.15) is 5.75 Å². The lowest BCUT2D eigenvalue weighted by Gasteiger charge is -2.22. The number of carbonyl (C=O) groups is 1. The zero-order valence-corrected chi connectivity index (χ0v) is 13.5. The summed E-state index contributed by atoms with van der Waals surface area (Å²) in [5.41, 5.74) is 6.19. The molecule has 0 atom stereocenters. The van der Waals surface area contributed by atoms with Gasteiger partial charge in [-0.25, -0.2) is 0 Å². The van der Waals surface area contributed by atoms with Crippen LogP contribution in [0.25, 0.3) is 0 Å². The molecule has 1 aliphatic rings. The fourth-order valence-corrected chi connectivity index (χ4v) is 2.42.